The van der Waals surface area contributed by atoms with E-state index in [1.807, 2.05) is 12.1 Å². The normalized spacial score (nSPS) is 9.81. The predicted molar refractivity (Wildman–Crippen MR) is 170 cm³/mol. The van der Waals surface area contributed by atoms with Crippen LogP contribution in [0.3, 0.4) is 0 Å². The molecule has 6 aromatic carbocycles. The molecular weight excluding hydrogens is 524 g/mol. The molecule has 0 radical (unpaired) electrons. The quantitative estimate of drug-likeness (QED) is 0.158. The van der Waals surface area contributed by atoms with Crippen LogP contribution in [0.4, 0.5) is 11.4 Å². The molecule has 42 heavy (non-hydrogen) atoms. The molecule has 0 fully saturated rings. The van der Waals surface area contributed by atoms with Gasteiger partial charge in [-0.3, -0.25) is 0 Å². The Hall–Kier alpha value is -5.88. The van der Waals surface area contributed by atoms with E-state index >= 15 is 0 Å². The van der Waals surface area contributed by atoms with Gasteiger partial charge in [0.2, 0.25) is 0 Å². The Kier molecular flexibility index (Phi) is 10.4. The van der Waals surface area contributed by atoms with Crippen molar-refractivity contribution in [2.75, 3.05) is 11.5 Å². The fourth-order valence-electron chi connectivity index (χ4n) is 3.67. The zero-order valence-corrected chi connectivity index (χ0v) is 22.9. The average molecular weight is 557 g/mol. The minimum Gasteiger partial charge on any atom is -0.504 e. The van der Waals surface area contributed by atoms with E-state index in [1.165, 1.54) is 11.1 Å². The SMILES string of the molecule is Nc1ccc(Oc2ccccc2O)cc1.Nc1ccc(Oc2ccccc2O)cc1.c1ccc(-c2ccccc2)cc1. The van der Waals surface area contributed by atoms with E-state index < -0.39 is 0 Å². The number of benzene rings is 6. The van der Waals surface area contributed by atoms with E-state index in [9.17, 15) is 10.2 Å². The van der Waals surface area contributed by atoms with Crippen molar-refractivity contribution >= 4 is 11.4 Å². The molecule has 0 spiro atoms. The molecule has 0 aliphatic rings. The second kappa shape index (κ2) is 15.1. The molecule has 0 heterocycles. The Balaban J connectivity index is 0.000000146. The van der Waals surface area contributed by atoms with Crippen molar-refractivity contribution in [2.45, 2.75) is 0 Å². The minimum absolute atomic E-state index is 0.120. The predicted octanol–water partition coefficient (Wildman–Crippen LogP) is 8.89. The van der Waals surface area contributed by atoms with E-state index in [0.29, 0.717) is 34.4 Å². The summed E-state index contributed by atoms with van der Waals surface area (Å²) in [5, 5.41) is 19.0. The summed E-state index contributed by atoms with van der Waals surface area (Å²) >= 11 is 0. The first kappa shape index (κ1) is 29.1. The van der Waals surface area contributed by atoms with Crippen LogP contribution in [0.1, 0.15) is 0 Å². The first-order chi connectivity index (χ1) is 20.5. The molecule has 6 N–H and O–H groups in total. The lowest BCUT2D eigenvalue weighted by molar-refractivity contribution is 0.411. The average Bonchev–Trinajstić information content (AvgIpc) is 3.03. The van der Waals surface area contributed by atoms with E-state index in [0.717, 1.165) is 0 Å². The van der Waals surface area contributed by atoms with Crippen LogP contribution in [-0.4, -0.2) is 10.2 Å². The maximum Gasteiger partial charge on any atom is 0.169 e. The Morgan fingerprint density at radius 2 is 0.667 bits per heavy atom. The van der Waals surface area contributed by atoms with Crippen LogP contribution in [0.15, 0.2) is 158 Å². The van der Waals surface area contributed by atoms with Gasteiger partial charge in [-0.1, -0.05) is 84.9 Å². The van der Waals surface area contributed by atoms with Gasteiger partial charge in [-0.15, -0.1) is 0 Å². The number of anilines is 2. The first-order valence-corrected chi connectivity index (χ1v) is 13.2. The van der Waals surface area contributed by atoms with Crippen molar-refractivity contribution in [3.63, 3.8) is 0 Å². The summed E-state index contributed by atoms with van der Waals surface area (Å²) in [5.74, 6) is 2.39. The van der Waals surface area contributed by atoms with Gasteiger partial charge >= 0.3 is 0 Å². The summed E-state index contributed by atoms with van der Waals surface area (Å²) in [5.41, 5.74) is 15.0. The molecule has 6 heteroatoms. The number of nitrogens with two attached hydrogens (primary N) is 2. The summed E-state index contributed by atoms with van der Waals surface area (Å²) < 4.78 is 10.9. The van der Waals surface area contributed by atoms with E-state index in [2.05, 4.69) is 48.5 Å². The molecule has 6 aromatic rings. The summed E-state index contributed by atoms with van der Waals surface area (Å²) in [6, 6.07) is 48.4. The van der Waals surface area contributed by atoms with Gasteiger partial charge in [0.25, 0.3) is 0 Å². The highest BCUT2D eigenvalue weighted by atomic mass is 16.5. The van der Waals surface area contributed by atoms with E-state index in [1.54, 1.807) is 97.1 Å². The summed E-state index contributed by atoms with van der Waals surface area (Å²) in [7, 11) is 0. The van der Waals surface area contributed by atoms with Crippen LogP contribution in [0, 0.1) is 0 Å². The Labute approximate surface area is 245 Å². The third-order valence-electron chi connectivity index (χ3n) is 5.83. The van der Waals surface area contributed by atoms with Gasteiger partial charge < -0.3 is 31.2 Å². The first-order valence-electron chi connectivity index (χ1n) is 13.2. The molecule has 0 atom stereocenters. The number of nitrogen functional groups attached to an aromatic ring is 2. The van der Waals surface area contributed by atoms with Gasteiger partial charge in [0.1, 0.15) is 11.5 Å². The lowest BCUT2D eigenvalue weighted by atomic mass is 10.1. The molecule has 0 saturated heterocycles. The molecule has 0 amide bonds. The highest BCUT2D eigenvalue weighted by Crippen LogP contribution is 2.31. The number of phenolic OH excluding ortho intramolecular Hbond substituents is 2. The molecule has 210 valence electrons. The topological polar surface area (TPSA) is 111 Å². The van der Waals surface area contributed by atoms with Crippen molar-refractivity contribution in [3.05, 3.63) is 158 Å². The van der Waals surface area contributed by atoms with Crippen LogP contribution in [0.5, 0.6) is 34.5 Å². The Morgan fingerprint density at radius 3 is 1.00 bits per heavy atom. The van der Waals surface area contributed by atoms with Gasteiger partial charge in [-0.2, -0.15) is 0 Å². The summed E-state index contributed by atoms with van der Waals surface area (Å²) in [6.07, 6.45) is 0. The van der Waals surface area contributed by atoms with Crippen molar-refractivity contribution < 1.29 is 19.7 Å². The van der Waals surface area contributed by atoms with Crippen molar-refractivity contribution in [1.29, 1.82) is 0 Å². The molecular formula is C36H32N2O4. The molecule has 0 saturated carbocycles. The number of hydrogen-bond donors (Lipinski definition) is 4. The zero-order valence-electron chi connectivity index (χ0n) is 22.9. The molecule has 6 rings (SSSR count). The molecule has 0 bridgehead atoms. The van der Waals surface area contributed by atoms with Crippen LogP contribution >= 0.6 is 0 Å². The van der Waals surface area contributed by atoms with Crippen molar-refractivity contribution in [1.82, 2.24) is 0 Å². The lowest BCUT2D eigenvalue weighted by Gasteiger charge is -2.06. The number of aromatic hydroxyl groups is 2. The second-order valence-corrected chi connectivity index (χ2v) is 9.01. The smallest absolute Gasteiger partial charge is 0.169 e. The largest absolute Gasteiger partial charge is 0.504 e. The number of para-hydroxylation sites is 4. The third kappa shape index (κ3) is 9.10. The third-order valence-corrected chi connectivity index (χ3v) is 5.83. The Bertz CT molecular complexity index is 1510. The van der Waals surface area contributed by atoms with Gasteiger partial charge in [-0.05, 0) is 83.9 Å². The zero-order chi connectivity index (χ0) is 29.6. The molecule has 6 nitrogen and oxygen atoms in total. The van der Waals surface area contributed by atoms with E-state index in [-0.39, 0.29) is 11.5 Å². The standard InChI is InChI=1S/2C12H11NO2.C12H10/c2*13-9-5-7-10(8-6-9)15-12-4-2-1-3-11(12)14;1-3-7-11(8-4-1)12-9-5-2-6-10-12/h2*1-8,14H,13H2;1-10H. The highest BCUT2D eigenvalue weighted by Gasteiger charge is 2.02. The van der Waals surface area contributed by atoms with E-state index in [4.69, 9.17) is 20.9 Å². The molecule has 0 aromatic heterocycles. The van der Waals surface area contributed by atoms with Crippen LogP contribution < -0.4 is 20.9 Å². The lowest BCUT2D eigenvalue weighted by Crippen LogP contribution is -1.86. The van der Waals surface area contributed by atoms with Crippen LogP contribution in [0.2, 0.25) is 0 Å². The number of rotatable bonds is 5. The van der Waals surface area contributed by atoms with Crippen LogP contribution in [0.25, 0.3) is 11.1 Å². The summed E-state index contributed by atoms with van der Waals surface area (Å²) in [4.78, 5) is 0. The van der Waals surface area contributed by atoms with Crippen molar-refractivity contribution in [3.8, 4) is 45.6 Å². The minimum atomic E-state index is 0.120. The van der Waals surface area contributed by atoms with Gasteiger partial charge in [0.15, 0.2) is 23.0 Å². The van der Waals surface area contributed by atoms with Gasteiger partial charge in [0, 0.05) is 11.4 Å². The summed E-state index contributed by atoms with van der Waals surface area (Å²) in [6.45, 7) is 0. The number of phenols is 2. The molecule has 0 aliphatic carbocycles. The Morgan fingerprint density at radius 1 is 0.357 bits per heavy atom. The van der Waals surface area contributed by atoms with Crippen molar-refractivity contribution in [2.24, 2.45) is 0 Å². The monoisotopic (exact) mass is 556 g/mol. The second-order valence-electron chi connectivity index (χ2n) is 9.01. The highest BCUT2D eigenvalue weighted by molar-refractivity contribution is 5.62. The van der Waals surface area contributed by atoms with Gasteiger partial charge in [-0.25, -0.2) is 0 Å². The van der Waals surface area contributed by atoms with Crippen LogP contribution in [-0.2, 0) is 0 Å². The fourth-order valence-corrected chi connectivity index (χ4v) is 3.67. The number of ether oxygens (including phenoxy) is 2. The van der Waals surface area contributed by atoms with Gasteiger partial charge in [0.05, 0.1) is 0 Å². The maximum atomic E-state index is 9.48. The maximum absolute atomic E-state index is 9.48. The number of hydrogen-bond acceptors (Lipinski definition) is 6. The fraction of sp³-hybridized carbons (Fsp3) is 0. The molecule has 0 unspecified atom stereocenters. The molecule has 0 aliphatic heterocycles.